The quantitative estimate of drug-likeness (QED) is 0.772. The summed E-state index contributed by atoms with van der Waals surface area (Å²) >= 11 is 0. The number of ether oxygens (including phenoxy) is 2. The van der Waals surface area contributed by atoms with Gasteiger partial charge in [-0.05, 0) is 38.0 Å². The van der Waals surface area contributed by atoms with Crippen molar-refractivity contribution in [3.8, 4) is 11.5 Å². The van der Waals surface area contributed by atoms with Crippen LogP contribution >= 0.6 is 0 Å². The minimum Gasteiger partial charge on any atom is -0.490 e. The average Bonchev–Trinajstić information content (AvgIpc) is 2.46. The minimum atomic E-state index is -0.553. The molecule has 1 aromatic rings. The lowest BCUT2D eigenvalue weighted by Gasteiger charge is -2.16. The molecule has 0 bridgehead atoms. The van der Waals surface area contributed by atoms with Crippen molar-refractivity contribution >= 4 is 5.91 Å². The molecule has 5 heteroatoms. The predicted octanol–water partition coefficient (Wildman–Crippen LogP) is 2.23. The number of nitrogens with one attached hydrogen (secondary N) is 1. The summed E-state index contributed by atoms with van der Waals surface area (Å²) in [6.07, 6.45) is -0.553. The van der Waals surface area contributed by atoms with Crippen LogP contribution in [0.25, 0.3) is 0 Å². The van der Waals surface area contributed by atoms with Gasteiger partial charge in [0.25, 0.3) is 5.91 Å². The Hall–Kier alpha value is -1.75. The molecule has 118 valence electrons. The van der Waals surface area contributed by atoms with E-state index in [4.69, 9.17) is 9.47 Å². The van der Waals surface area contributed by atoms with Crippen molar-refractivity contribution in [1.82, 2.24) is 5.32 Å². The van der Waals surface area contributed by atoms with Gasteiger partial charge in [-0.1, -0.05) is 13.8 Å². The van der Waals surface area contributed by atoms with E-state index in [2.05, 4.69) is 5.32 Å². The lowest BCUT2D eigenvalue weighted by Crippen LogP contribution is -2.34. The monoisotopic (exact) mass is 295 g/mol. The second-order valence-electron chi connectivity index (χ2n) is 5.05. The Bertz CT molecular complexity index is 460. The highest BCUT2D eigenvalue weighted by molar-refractivity contribution is 5.94. The van der Waals surface area contributed by atoms with E-state index in [0.717, 1.165) is 0 Å². The molecule has 0 fully saturated rings. The molecule has 0 radical (unpaired) electrons. The molecular weight excluding hydrogens is 270 g/mol. The molecule has 1 aromatic carbocycles. The Labute approximate surface area is 126 Å². The number of hydrogen-bond donors (Lipinski definition) is 2. The van der Waals surface area contributed by atoms with Gasteiger partial charge in [-0.3, -0.25) is 4.79 Å². The molecule has 5 nitrogen and oxygen atoms in total. The summed E-state index contributed by atoms with van der Waals surface area (Å²) in [5.74, 6) is 1.04. The van der Waals surface area contributed by atoms with Gasteiger partial charge in [-0.15, -0.1) is 0 Å². The lowest BCUT2D eigenvalue weighted by molar-refractivity contribution is 0.0871. The number of rotatable bonds is 8. The zero-order chi connectivity index (χ0) is 15.8. The van der Waals surface area contributed by atoms with Crippen molar-refractivity contribution in [2.75, 3.05) is 19.8 Å². The van der Waals surface area contributed by atoms with E-state index < -0.39 is 6.10 Å². The minimum absolute atomic E-state index is 0.101. The highest BCUT2D eigenvalue weighted by atomic mass is 16.5. The molecule has 0 saturated heterocycles. The van der Waals surface area contributed by atoms with Crippen LogP contribution in [0.1, 0.15) is 38.1 Å². The Balaban J connectivity index is 2.78. The first-order valence-corrected chi connectivity index (χ1v) is 7.35. The number of benzene rings is 1. The molecule has 1 unspecified atom stereocenters. The molecule has 0 aliphatic heterocycles. The molecule has 2 N–H and O–H groups in total. The Morgan fingerprint density at radius 1 is 1.19 bits per heavy atom. The van der Waals surface area contributed by atoms with Crippen LogP contribution in [0.4, 0.5) is 0 Å². The van der Waals surface area contributed by atoms with E-state index in [0.29, 0.717) is 30.3 Å². The van der Waals surface area contributed by atoms with Crippen LogP contribution in [-0.4, -0.2) is 36.9 Å². The maximum Gasteiger partial charge on any atom is 0.251 e. The van der Waals surface area contributed by atoms with E-state index in [-0.39, 0.29) is 18.4 Å². The second-order valence-corrected chi connectivity index (χ2v) is 5.05. The molecule has 21 heavy (non-hydrogen) atoms. The summed E-state index contributed by atoms with van der Waals surface area (Å²) in [6, 6.07) is 5.07. The number of aliphatic hydroxyl groups excluding tert-OH is 1. The lowest BCUT2D eigenvalue weighted by atomic mass is 10.1. The van der Waals surface area contributed by atoms with Crippen LogP contribution in [0.3, 0.4) is 0 Å². The predicted molar refractivity (Wildman–Crippen MR) is 82.0 cm³/mol. The van der Waals surface area contributed by atoms with Gasteiger partial charge in [0.15, 0.2) is 11.5 Å². The molecule has 1 atom stereocenters. The number of aliphatic hydroxyl groups is 1. The molecule has 0 heterocycles. The molecule has 1 rings (SSSR count). The fraction of sp³-hybridized carbons (Fsp3) is 0.562. The van der Waals surface area contributed by atoms with Crippen molar-refractivity contribution < 1.29 is 19.4 Å². The summed E-state index contributed by atoms with van der Waals surface area (Å²) in [5.41, 5.74) is 0.484. The van der Waals surface area contributed by atoms with E-state index in [1.54, 1.807) is 18.2 Å². The van der Waals surface area contributed by atoms with Gasteiger partial charge in [0.1, 0.15) is 0 Å². The Morgan fingerprint density at radius 3 is 2.38 bits per heavy atom. The van der Waals surface area contributed by atoms with E-state index >= 15 is 0 Å². The van der Waals surface area contributed by atoms with Crippen LogP contribution in [0.5, 0.6) is 11.5 Å². The maximum atomic E-state index is 12.1. The van der Waals surface area contributed by atoms with Crippen LogP contribution in [0.15, 0.2) is 18.2 Å². The first-order chi connectivity index (χ1) is 9.99. The van der Waals surface area contributed by atoms with Crippen LogP contribution in [-0.2, 0) is 0 Å². The molecule has 0 spiro atoms. The normalized spacial score (nSPS) is 12.1. The summed E-state index contributed by atoms with van der Waals surface area (Å²) in [5, 5.41) is 12.4. The number of carbonyl (C=O) groups excluding carboxylic acids is 1. The second kappa shape index (κ2) is 8.52. The summed E-state index contributed by atoms with van der Waals surface area (Å²) in [6.45, 7) is 8.84. The maximum absolute atomic E-state index is 12.1. The standard InChI is InChI=1S/C16H25NO4/c1-5-20-14-8-7-12(9-15(14)21-6-2)16(19)17-10-13(18)11(3)4/h7-9,11,13,18H,5-6,10H2,1-4H3,(H,17,19). The van der Waals surface area contributed by atoms with Gasteiger partial charge < -0.3 is 19.9 Å². The van der Waals surface area contributed by atoms with Crippen LogP contribution in [0.2, 0.25) is 0 Å². The SMILES string of the molecule is CCOc1ccc(C(=O)NCC(O)C(C)C)cc1OCC. The molecule has 0 aliphatic rings. The van der Waals surface area contributed by atoms with Crippen molar-refractivity contribution in [3.63, 3.8) is 0 Å². The highest BCUT2D eigenvalue weighted by Crippen LogP contribution is 2.28. The van der Waals surface area contributed by atoms with Gasteiger partial charge in [-0.2, -0.15) is 0 Å². The molecule has 0 aromatic heterocycles. The summed E-state index contributed by atoms with van der Waals surface area (Å²) in [4.78, 5) is 12.1. The van der Waals surface area contributed by atoms with Crippen molar-refractivity contribution in [2.45, 2.75) is 33.8 Å². The first kappa shape index (κ1) is 17.3. The zero-order valence-electron chi connectivity index (χ0n) is 13.2. The number of amides is 1. The summed E-state index contributed by atoms with van der Waals surface area (Å²) in [7, 11) is 0. The van der Waals surface area contributed by atoms with Crippen molar-refractivity contribution in [2.24, 2.45) is 5.92 Å². The zero-order valence-corrected chi connectivity index (χ0v) is 13.2. The first-order valence-electron chi connectivity index (χ1n) is 7.35. The summed E-state index contributed by atoms with van der Waals surface area (Å²) < 4.78 is 10.9. The number of carbonyl (C=O) groups is 1. The third-order valence-electron chi connectivity index (χ3n) is 3.05. The molecular formula is C16H25NO4. The van der Waals surface area contributed by atoms with Crippen LogP contribution in [0, 0.1) is 5.92 Å². The van der Waals surface area contributed by atoms with Crippen LogP contribution < -0.4 is 14.8 Å². The third kappa shape index (κ3) is 5.27. The topological polar surface area (TPSA) is 67.8 Å². The molecule has 1 amide bonds. The fourth-order valence-corrected chi connectivity index (χ4v) is 1.73. The Kier molecular flexibility index (Phi) is 7.02. The average molecular weight is 295 g/mol. The van der Waals surface area contributed by atoms with Gasteiger partial charge in [0, 0.05) is 12.1 Å². The van der Waals surface area contributed by atoms with Gasteiger partial charge in [-0.25, -0.2) is 0 Å². The Morgan fingerprint density at radius 2 is 1.81 bits per heavy atom. The van der Waals surface area contributed by atoms with Crippen molar-refractivity contribution in [1.29, 1.82) is 0 Å². The highest BCUT2D eigenvalue weighted by Gasteiger charge is 2.14. The molecule has 0 aliphatic carbocycles. The van der Waals surface area contributed by atoms with Gasteiger partial charge in [0.05, 0.1) is 19.3 Å². The van der Waals surface area contributed by atoms with Crippen molar-refractivity contribution in [3.05, 3.63) is 23.8 Å². The fourth-order valence-electron chi connectivity index (χ4n) is 1.73. The smallest absolute Gasteiger partial charge is 0.251 e. The molecule has 0 saturated carbocycles. The van der Waals surface area contributed by atoms with Gasteiger partial charge in [0.2, 0.25) is 0 Å². The van der Waals surface area contributed by atoms with E-state index in [1.807, 2.05) is 27.7 Å². The number of hydrogen-bond acceptors (Lipinski definition) is 4. The van der Waals surface area contributed by atoms with E-state index in [1.165, 1.54) is 0 Å². The van der Waals surface area contributed by atoms with E-state index in [9.17, 15) is 9.90 Å². The third-order valence-corrected chi connectivity index (χ3v) is 3.05. The largest absolute Gasteiger partial charge is 0.490 e. The van der Waals surface area contributed by atoms with Gasteiger partial charge >= 0.3 is 0 Å².